The van der Waals surface area contributed by atoms with Gasteiger partial charge in [-0.3, -0.25) is 9.48 Å². The molecule has 0 spiro atoms. The molecule has 1 aromatic heterocycles. The van der Waals surface area contributed by atoms with Crippen molar-refractivity contribution in [1.82, 2.24) is 14.7 Å². The van der Waals surface area contributed by atoms with Crippen molar-refractivity contribution in [3.05, 3.63) is 46.0 Å². The number of benzene rings is 1. The van der Waals surface area contributed by atoms with E-state index in [0.29, 0.717) is 32.6 Å². The van der Waals surface area contributed by atoms with Gasteiger partial charge in [-0.2, -0.15) is 5.10 Å². The third-order valence-corrected chi connectivity index (χ3v) is 7.97. The van der Waals surface area contributed by atoms with Gasteiger partial charge < -0.3 is 9.80 Å². The molecule has 1 atom stereocenters. The van der Waals surface area contributed by atoms with E-state index in [9.17, 15) is 17.6 Å². The number of hydrogen-bond donors (Lipinski definition) is 0. The Bertz CT molecular complexity index is 1070. The number of carbonyl (C=O) groups is 1. The lowest BCUT2D eigenvalue weighted by atomic mass is 10.1. The molecule has 2 aromatic rings. The summed E-state index contributed by atoms with van der Waals surface area (Å²) in [5, 5.41) is 4.73. The SMILES string of the molecule is Cc1nn(C2CCS(=O)(=O)C2)c(C)c1N1CCN(C(=O)c2c(F)cccc2Cl)CC1. The van der Waals surface area contributed by atoms with Crippen molar-refractivity contribution < 1.29 is 17.6 Å². The fourth-order valence-corrected chi connectivity index (χ4v) is 6.36. The number of carbonyl (C=O) groups excluding carboxylic acids is 1. The van der Waals surface area contributed by atoms with Gasteiger partial charge in [0.05, 0.1) is 45.2 Å². The van der Waals surface area contributed by atoms with Gasteiger partial charge in [0.1, 0.15) is 5.82 Å². The number of aromatic nitrogens is 2. The van der Waals surface area contributed by atoms with E-state index in [1.807, 2.05) is 18.5 Å². The summed E-state index contributed by atoms with van der Waals surface area (Å²) in [5.74, 6) is -0.697. The molecule has 162 valence electrons. The van der Waals surface area contributed by atoms with Gasteiger partial charge in [0.15, 0.2) is 9.84 Å². The first-order valence-corrected chi connectivity index (χ1v) is 12.1. The molecular formula is C20H24ClFN4O3S. The van der Waals surface area contributed by atoms with E-state index in [4.69, 9.17) is 11.6 Å². The number of sulfone groups is 1. The second-order valence-electron chi connectivity index (χ2n) is 7.90. The Morgan fingerprint density at radius 2 is 1.90 bits per heavy atom. The van der Waals surface area contributed by atoms with Crippen LogP contribution in [0.2, 0.25) is 5.02 Å². The van der Waals surface area contributed by atoms with Crippen molar-refractivity contribution in [2.45, 2.75) is 26.3 Å². The Kier molecular flexibility index (Phi) is 5.52. The van der Waals surface area contributed by atoms with Gasteiger partial charge in [-0.15, -0.1) is 0 Å². The van der Waals surface area contributed by atoms with Crippen molar-refractivity contribution >= 4 is 33.0 Å². The molecule has 1 unspecified atom stereocenters. The molecule has 1 amide bonds. The number of nitrogens with zero attached hydrogens (tertiary/aromatic N) is 4. The summed E-state index contributed by atoms with van der Waals surface area (Å²) in [4.78, 5) is 16.5. The summed E-state index contributed by atoms with van der Waals surface area (Å²) in [5.41, 5.74) is 2.67. The molecular weight excluding hydrogens is 431 g/mol. The van der Waals surface area contributed by atoms with Crippen molar-refractivity contribution in [3.63, 3.8) is 0 Å². The fraction of sp³-hybridized carbons (Fsp3) is 0.500. The second kappa shape index (κ2) is 7.85. The van der Waals surface area contributed by atoms with Crippen LogP contribution in [0.1, 0.15) is 34.2 Å². The molecule has 0 N–H and O–H groups in total. The number of hydrogen-bond acceptors (Lipinski definition) is 5. The minimum absolute atomic E-state index is 0.0877. The zero-order valence-corrected chi connectivity index (χ0v) is 18.5. The van der Waals surface area contributed by atoms with Crippen molar-refractivity contribution in [2.75, 3.05) is 42.6 Å². The highest BCUT2D eigenvalue weighted by molar-refractivity contribution is 7.91. The molecule has 0 saturated carbocycles. The molecule has 2 aliphatic rings. The summed E-state index contributed by atoms with van der Waals surface area (Å²) in [6.45, 7) is 5.90. The Hall–Kier alpha value is -2.13. The average molecular weight is 455 g/mol. The van der Waals surface area contributed by atoms with E-state index in [-0.39, 0.29) is 28.1 Å². The topological polar surface area (TPSA) is 75.5 Å². The van der Waals surface area contributed by atoms with Crippen LogP contribution in [0.5, 0.6) is 0 Å². The van der Waals surface area contributed by atoms with Gasteiger partial charge in [-0.1, -0.05) is 17.7 Å². The predicted molar refractivity (Wildman–Crippen MR) is 114 cm³/mol. The van der Waals surface area contributed by atoms with Gasteiger partial charge in [-0.25, -0.2) is 12.8 Å². The normalized spacial score (nSPS) is 21.3. The average Bonchev–Trinajstić information content (AvgIpc) is 3.20. The first kappa shape index (κ1) is 21.1. The minimum atomic E-state index is -3.00. The van der Waals surface area contributed by atoms with Crippen LogP contribution in [-0.2, 0) is 9.84 Å². The Morgan fingerprint density at radius 3 is 2.50 bits per heavy atom. The van der Waals surface area contributed by atoms with Crippen molar-refractivity contribution in [1.29, 1.82) is 0 Å². The van der Waals surface area contributed by atoms with Crippen molar-refractivity contribution in [3.8, 4) is 0 Å². The van der Waals surface area contributed by atoms with Crippen LogP contribution in [-0.4, -0.2) is 66.7 Å². The Labute approximate surface area is 180 Å². The molecule has 3 heterocycles. The molecule has 1 aromatic carbocycles. The minimum Gasteiger partial charge on any atom is -0.365 e. The summed E-state index contributed by atoms with van der Waals surface area (Å²) < 4.78 is 39.7. The summed E-state index contributed by atoms with van der Waals surface area (Å²) in [7, 11) is -3.00. The van der Waals surface area contributed by atoms with Crippen LogP contribution in [0.15, 0.2) is 18.2 Å². The van der Waals surface area contributed by atoms with Gasteiger partial charge >= 0.3 is 0 Å². The number of halogens is 2. The van der Waals surface area contributed by atoms with Crippen LogP contribution in [0.25, 0.3) is 0 Å². The fourth-order valence-electron chi connectivity index (χ4n) is 4.43. The maximum Gasteiger partial charge on any atom is 0.258 e. The standard InChI is InChI=1S/C20H24ClFN4O3S/c1-13-19(14(2)26(23-13)15-6-11-30(28,29)12-15)24-7-9-25(10-8-24)20(27)18-16(21)4-3-5-17(18)22/h3-5,15H,6-12H2,1-2H3. The monoisotopic (exact) mass is 454 g/mol. The van der Waals surface area contributed by atoms with E-state index < -0.39 is 21.6 Å². The zero-order chi connectivity index (χ0) is 21.6. The molecule has 0 bridgehead atoms. The van der Waals surface area contributed by atoms with E-state index in [2.05, 4.69) is 10.00 Å². The van der Waals surface area contributed by atoms with Gasteiger partial charge in [-0.05, 0) is 32.4 Å². The second-order valence-corrected chi connectivity index (χ2v) is 10.5. The highest BCUT2D eigenvalue weighted by Gasteiger charge is 2.33. The smallest absolute Gasteiger partial charge is 0.258 e. The number of rotatable bonds is 3. The number of piperazine rings is 1. The van der Waals surface area contributed by atoms with Crippen molar-refractivity contribution in [2.24, 2.45) is 0 Å². The van der Waals surface area contributed by atoms with E-state index in [1.165, 1.54) is 18.2 Å². The van der Waals surface area contributed by atoms with E-state index in [1.54, 1.807) is 4.90 Å². The van der Waals surface area contributed by atoms with E-state index >= 15 is 0 Å². The third kappa shape index (κ3) is 3.80. The molecule has 4 rings (SSSR count). The predicted octanol–water partition coefficient (Wildman–Crippen LogP) is 2.61. The molecule has 7 nitrogen and oxygen atoms in total. The summed E-state index contributed by atoms with van der Waals surface area (Å²) in [6.07, 6.45) is 0.579. The largest absolute Gasteiger partial charge is 0.365 e. The zero-order valence-electron chi connectivity index (χ0n) is 16.9. The molecule has 10 heteroatoms. The van der Waals surface area contributed by atoms with Gasteiger partial charge in [0, 0.05) is 26.2 Å². The quantitative estimate of drug-likeness (QED) is 0.712. The molecule has 30 heavy (non-hydrogen) atoms. The molecule has 2 fully saturated rings. The Balaban J connectivity index is 1.49. The number of anilines is 1. The number of amides is 1. The van der Waals surface area contributed by atoms with Crippen LogP contribution < -0.4 is 4.90 Å². The Morgan fingerprint density at radius 1 is 1.20 bits per heavy atom. The summed E-state index contributed by atoms with van der Waals surface area (Å²) in [6, 6.07) is 4.09. The maximum absolute atomic E-state index is 14.1. The lowest BCUT2D eigenvalue weighted by Gasteiger charge is -2.36. The number of aryl methyl sites for hydroxylation is 1. The van der Waals surface area contributed by atoms with Gasteiger partial charge in [0.2, 0.25) is 0 Å². The van der Waals surface area contributed by atoms with Crippen LogP contribution >= 0.6 is 11.6 Å². The lowest BCUT2D eigenvalue weighted by molar-refractivity contribution is 0.0742. The van der Waals surface area contributed by atoms with Crippen LogP contribution in [0.4, 0.5) is 10.1 Å². The van der Waals surface area contributed by atoms with Gasteiger partial charge in [0.25, 0.3) is 5.91 Å². The highest BCUT2D eigenvalue weighted by Crippen LogP contribution is 2.32. The molecule has 2 saturated heterocycles. The molecule has 0 radical (unpaired) electrons. The lowest BCUT2D eigenvalue weighted by Crippen LogP contribution is -2.49. The van der Waals surface area contributed by atoms with Crippen LogP contribution in [0, 0.1) is 19.7 Å². The summed E-state index contributed by atoms with van der Waals surface area (Å²) >= 11 is 6.04. The maximum atomic E-state index is 14.1. The van der Waals surface area contributed by atoms with E-state index in [0.717, 1.165) is 17.1 Å². The first-order valence-electron chi connectivity index (χ1n) is 9.92. The third-order valence-electron chi connectivity index (χ3n) is 5.90. The molecule has 0 aliphatic carbocycles. The first-order chi connectivity index (χ1) is 14.2. The molecule has 2 aliphatic heterocycles. The van der Waals surface area contributed by atoms with Crippen LogP contribution in [0.3, 0.4) is 0 Å². The highest BCUT2D eigenvalue weighted by atomic mass is 35.5.